The first-order valence-electron chi connectivity index (χ1n) is 8.54. The van der Waals surface area contributed by atoms with Crippen molar-refractivity contribution in [3.8, 4) is 17.1 Å². The molecule has 0 unspecified atom stereocenters. The number of aromatic amines is 1. The van der Waals surface area contributed by atoms with Crippen molar-refractivity contribution in [1.29, 1.82) is 0 Å². The van der Waals surface area contributed by atoms with Crippen molar-refractivity contribution in [3.05, 3.63) is 76.6 Å². The van der Waals surface area contributed by atoms with Gasteiger partial charge in [0.2, 0.25) is 0 Å². The number of fused-ring (bicyclic) bond motifs is 1. The minimum absolute atomic E-state index is 0.0361. The van der Waals surface area contributed by atoms with Gasteiger partial charge in [-0.05, 0) is 19.1 Å². The molecular weight excluding hydrogens is 376 g/mol. The Morgan fingerprint density at radius 3 is 2.61 bits per heavy atom. The number of hydrogen-bond acceptors (Lipinski definition) is 6. The molecule has 0 atom stereocenters. The number of thioether (sulfide) groups is 1. The summed E-state index contributed by atoms with van der Waals surface area (Å²) in [7, 11) is 0. The van der Waals surface area contributed by atoms with Crippen LogP contribution in [0.3, 0.4) is 0 Å². The molecule has 0 aliphatic heterocycles. The molecule has 4 rings (SSSR count). The normalized spacial score (nSPS) is 10.9. The zero-order valence-electron chi connectivity index (χ0n) is 15.0. The van der Waals surface area contributed by atoms with Crippen molar-refractivity contribution in [2.24, 2.45) is 0 Å². The SMILES string of the molecule is Cc1ccc(OC(=O)CSc2nc(-c3ccccc3)nc3cc(=O)[nH]n23)cc1. The second-order valence-electron chi connectivity index (χ2n) is 6.09. The van der Waals surface area contributed by atoms with Gasteiger partial charge >= 0.3 is 5.97 Å². The molecule has 0 fully saturated rings. The molecule has 0 bridgehead atoms. The fourth-order valence-electron chi connectivity index (χ4n) is 2.59. The smallest absolute Gasteiger partial charge is 0.321 e. The fraction of sp³-hybridized carbons (Fsp3) is 0.100. The summed E-state index contributed by atoms with van der Waals surface area (Å²) in [6, 6.07) is 18.1. The molecule has 2 heterocycles. The highest BCUT2D eigenvalue weighted by molar-refractivity contribution is 7.99. The molecule has 0 aliphatic rings. The summed E-state index contributed by atoms with van der Waals surface area (Å²) in [6.45, 7) is 1.96. The van der Waals surface area contributed by atoms with Gasteiger partial charge in [-0.1, -0.05) is 59.8 Å². The minimum atomic E-state index is -0.406. The predicted octanol–water partition coefficient (Wildman–Crippen LogP) is 3.09. The van der Waals surface area contributed by atoms with E-state index in [0.717, 1.165) is 11.1 Å². The molecule has 140 valence electrons. The first kappa shape index (κ1) is 18.0. The Bertz CT molecular complexity index is 1180. The molecule has 0 amide bonds. The van der Waals surface area contributed by atoms with Gasteiger partial charge < -0.3 is 4.74 Å². The maximum atomic E-state index is 12.2. The van der Waals surface area contributed by atoms with Gasteiger partial charge in [0.1, 0.15) is 5.75 Å². The Labute approximate surface area is 164 Å². The zero-order chi connectivity index (χ0) is 19.5. The average Bonchev–Trinajstić information content (AvgIpc) is 3.09. The molecule has 1 N–H and O–H groups in total. The van der Waals surface area contributed by atoms with E-state index in [4.69, 9.17) is 4.74 Å². The molecule has 2 aromatic heterocycles. The van der Waals surface area contributed by atoms with Gasteiger partial charge in [0.05, 0.1) is 5.75 Å². The molecular formula is C20H16N4O3S. The van der Waals surface area contributed by atoms with Gasteiger partial charge in [0.15, 0.2) is 16.6 Å². The number of ether oxygens (including phenoxy) is 1. The first-order valence-corrected chi connectivity index (χ1v) is 9.52. The van der Waals surface area contributed by atoms with Crippen LogP contribution in [0.5, 0.6) is 5.75 Å². The maximum Gasteiger partial charge on any atom is 0.321 e. The lowest BCUT2D eigenvalue weighted by Gasteiger charge is -2.08. The summed E-state index contributed by atoms with van der Waals surface area (Å²) in [4.78, 5) is 32.9. The van der Waals surface area contributed by atoms with E-state index in [9.17, 15) is 9.59 Å². The number of carbonyl (C=O) groups is 1. The summed E-state index contributed by atoms with van der Waals surface area (Å²) < 4.78 is 6.81. The van der Waals surface area contributed by atoms with Gasteiger partial charge in [-0.25, -0.2) is 14.5 Å². The molecule has 0 saturated carbocycles. The van der Waals surface area contributed by atoms with E-state index in [2.05, 4.69) is 15.1 Å². The van der Waals surface area contributed by atoms with E-state index in [1.165, 1.54) is 22.3 Å². The van der Waals surface area contributed by atoms with Crippen molar-refractivity contribution in [2.75, 3.05) is 5.75 Å². The number of nitrogens with one attached hydrogen (secondary N) is 1. The van der Waals surface area contributed by atoms with E-state index in [1.807, 2.05) is 49.4 Å². The Morgan fingerprint density at radius 2 is 1.86 bits per heavy atom. The van der Waals surface area contributed by atoms with Crippen molar-refractivity contribution in [3.63, 3.8) is 0 Å². The Morgan fingerprint density at radius 1 is 1.11 bits per heavy atom. The van der Waals surface area contributed by atoms with Crippen LogP contribution in [0.25, 0.3) is 17.0 Å². The number of hydrogen-bond donors (Lipinski definition) is 1. The van der Waals surface area contributed by atoms with Crippen molar-refractivity contribution < 1.29 is 9.53 Å². The summed E-state index contributed by atoms with van der Waals surface area (Å²) in [5.74, 6) is 0.600. The lowest BCUT2D eigenvalue weighted by Crippen LogP contribution is -2.12. The van der Waals surface area contributed by atoms with Crippen LogP contribution in [0, 0.1) is 6.92 Å². The van der Waals surface area contributed by atoms with Crippen LogP contribution in [0.4, 0.5) is 0 Å². The average molecular weight is 392 g/mol. The van der Waals surface area contributed by atoms with E-state index in [-0.39, 0.29) is 11.3 Å². The second-order valence-corrected chi connectivity index (χ2v) is 7.03. The van der Waals surface area contributed by atoms with Crippen LogP contribution >= 0.6 is 11.8 Å². The monoisotopic (exact) mass is 392 g/mol. The van der Waals surface area contributed by atoms with Crippen LogP contribution in [0.2, 0.25) is 0 Å². The Kier molecular flexibility index (Phi) is 4.94. The van der Waals surface area contributed by atoms with Gasteiger partial charge in [-0.15, -0.1) is 0 Å². The number of aromatic nitrogens is 4. The summed E-state index contributed by atoms with van der Waals surface area (Å²) in [6.07, 6.45) is 0. The highest BCUT2D eigenvalue weighted by Crippen LogP contribution is 2.22. The zero-order valence-corrected chi connectivity index (χ0v) is 15.8. The molecule has 0 radical (unpaired) electrons. The standard InChI is InChI=1S/C20H16N4O3S/c1-13-7-9-15(10-8-13)27-18(26)12-28-20-22-19(14-5-3-2-4-6-14)21-16-11-17(25)23-24(16)20/h2-11H,12H2,1H3,(H,23,25). The molecule has 28 heavy (non-hydrogen) atoms. The molecule has 0 saturated heterocycles. The minimum Gasteiger partial charge on any atom is -0.426 e. The van der Waals surface area contributed by atoms with Gasteiger partial charge in [0, 0.05) is 11.6 Å². The molecule has 0 aliphatic carbocycles. The Balaban J connectivity index is 1.58. The highest BCUT2D eigenvalue weighted by Gasteiger charge is 2.14. The second kappa shape index (κ2) is 7.69. The van der Waals surface area contributed by atoms with Crippen LogP contribution in [0.15, 0.2) is 70.6 Å². The third kappa shape index (κ3) is 3.96. The Hall–Kier alpha value is -3.39. The number of H-pyrrole nitrogens is 1. The molecule has 7 nitrogen and oxygen atoms in total. The third-order valence-corrected chi connectivity index (χ3v) is 4.84. The number of carbonyl (C=O) groups excluding carboxylic acids is 1. The lowest BCUT2D eigenvalue weighted by atomic mass is 10.2. The van der Waals surface area contributed by atoms with Crippen molar-refractivity contribution in [2.45, 2.75) is 12.1 Å². The lowest BCUT2D eigenvalue weighted by molar-refractivity contribution is -0.131. The number of esters is 1. The number of rotatable bonds is 5. The van der Waals surface area contributed by atoms with Crippen molar-refractivity contribution in [1.82, 2.24) is 19.6 Å². The summed E-state index contributed by atoms with van der Waals surface area (Å²) in [5.41, 5.74) is 2.06. The molecule has 4 aromatic rings. The molecule has 8 heteroatoms. The summed E-state index contributed by atoms with van der Waals surface area (Å²) >= 11 is 1.17. The third-order valence-electron chi connectivity index (χ3n) is 3.93. The largest absolute Gasteiger partial charge is 0.426 e. The highest BCUT2D eigenvalue weighted by atomic mass is 32.2. The van der Waals surface area contributed by atoms with Crippen LogP contribution in [-0.4, -0.2) is 31.3 Å². The summed E-state index contributed by atoms with van der Waals surface area (Å²) in [5, 5.41) is 3.10. The van der Waals surface area contributed by atoms with Gasteiger partial charge in [-0.2, -0.15) is 0 Å². The van der Waals surface area contributed by atoms with E-state index >= 15 is 0 Å². The topological polar surface area (TPSA) is 89.3 Å². The van der Waals surface area contributed by atoms with Gasteiger partial charge in [-0.3, -0.25) is 14.7 Å². The molecule has 0 spiro atoms. The van der Waals surface area contributed by atoms with E-state index in [1.54, 1.807) is 12.1 Å². The van der Waals surface area contributed by atoms with Crippen LogP contribution in [-0.2, 0) is 4.79 Å². The number of aryl methyl sites for hydroxylation is 1. The number of benzene rings is 2. The maximum absolute atomic E-state index is 12.2. The van der Waals surface area contributed by atoms with E-state index < -0.39 is 5.97 Å². The van der Waals surface area contributed by atoms with Crippen molar-refractivity contribution >= 4 is 23.4 Å². The predicted molar refractivity (Wildman–Crippen MR) is 107 cm³/mol. The quantitative estimate of drug-likeness (QED) is 0.319. The van der Waals surface area contributed by atoms with Gasteiger partial charge in [0.25, 0.3) is 5.56 Å². The van der Waals surface area contributed by atoms with Crippen LogP contribution < -0.4 is 10.3 Å². The van der Waals surface area contributed by atoms with Crippen LogP contribution in [0.1, 0.15) is 5.56 Å². The van der Waals surface area contributed by atoms with E-state index in [0.29, 0.717) is 22.4 Å². The number of nitrogens with zero attached hydrogens (tertiary/aromatic N) is 3. The first-order chi connectivity index (χ1) is 13.6. The molecule has 2 aromatic carbocycles. The fourth-order valence-corrected chi connectivity index (χ4v) is 3.31.